The van der Waals surface area contributed by atoms with E-state index in [0.717, 1.165) is 10.9 Å². The average Bonchev–Trinajstić information content (AvgIpc) is 2.93. The van der Waals surface area contributed by atoms with E-state index in [9.17, 15) is 9.59 Å². The smallest absolute Gasteiger partial charge is 0.244 e. The van der Waals surface area contributed by atoms with Gasteiger partial charge in [0.05, 0.1) is 0 Å². The van der Waals surface area contributed by atoms with Crippen LogP contribution in [0.3, 0.4) is 0 Å². The van der Waals surface area contributed by atoms with Crippen LogP contribution >= 0.6 is 11.6 Å². The normalized spacial score (nSPS) is 10.6. The first kappa shape index (κ1) is 16.1. The van der Waals surface area contributed by atoms with Gasteiger partial charge in [0.25, 0.3) is 0 Å². The van der Waals surface area contributed by atoms with Gasteiger partial charge in [0.2, 0.25) is 11.8 Å². The number of benzene rings is 2. The highest BCUT2D eigenvalue weighted by Crippen LogP contribution is 2.24. The molecule has 0 aliphatic rings. The van der Waals surface area contributed by atoms with Crippen LogP contribution in [0, 0.1) is 0 Å². The van der Waals surface area contributed by atoms with E-state index in [0.29, 0.717) is 16.4 Å². The zero-order valence-electron chi connectivity index (χ0n) is 13.0. The Morgan fingerprint density at radius 3 is 2.33 bits per heavy atom. The number of hydrogen-bond donors (Lipinski definition) is 2. The Bertz CT molecular complexity index is 900. The summed E-state index contributed by atoms with van der Waals surface area (Å²) in [5.74, 6) is -0.273. The number of halogens is 1. The molecule has 0 aliphatic heterocycles. The van der Waals surface area contributed by atoms with Crippen molar-refractivity contribution >= 4 is 45.7 Å². The van der Waals surface area contributed by atoms with Crippen molar-refractivity contribution in [2.24, 2.45) is 0 Å². The van der Waals surface area contributed by atoms with Gasteiger partial charge < -0.3 is 15.2 Å². The Morgan fingerprint density at radius 1 is 1.00 bits per heavy atom. The van der Waals surface area contributed by atoms with Gasteiger partial charge in [-0.2, -0.15) is 0 Å². The molecule has 5 nitrogen and oxygen atoms in total. The van der Waals surface area contributed by atoms with Crippen LogP contribution in [0.1, 0.15) is 6.92 Å². The highest BCUT2D eigenvalue weighted by Gasteiger charge is 2.08. The molecule has 0 radical (unpaired) electrons. The van der Waals surface area contributed by atoms with Crippen LogP contribution in [0.5, 0.6) is 0 Å². The molecule has 6 heteroatoms. The number of rotatable bonds is 4. The maximum Gasteiger partial charge on any atom is 0.244 e. The fourth-order valence-electron chi connectivity index (χ4n) is 2.52. The van der Waals surface area contributed by atoms with E-state index in [1.165, 1.54) is 6.92 Å². The summed E-state index contributed by atoms with van der Waals surface area (Å²) in [7, 11) is 0. The van der Waals surface area contributed by atoms with E-state index in [2.05, 4.69) is 10.6 Å². The Balaban J connectivity index is 1.69. The standard InChI is InChI=1S/C18H16ClN3O2/c1-12(23)20-13-5-7-14(8-6-13)21-18(24)11-22-10-9-15-16(19)3-2-4-17(15)22/h2-10H,11H2,1H3,(H,20,23)(H,21,24). The summed E-state index contributed by atoms with van der Waals surface area (Å²) >= 11 is 6.14. The van der Waals surface area contributed by atoms with E-state index in [1.807, 2.05) is 35.0 Å². The maximum atomic E-state index is 12.2. The predicted octanol–water partition coefficient (Wildman–Crippen LogP) is 3.89. The fourth-order valence-corrected chi connectivity index (χ4v) is 2.75. The third kappa shape index (κ3) is 3.58. The van der Waals surface area contributed by atoms with Crippen LogP contribution in [-0.4, -0.2) is 16.4 Å². The predicted molar refractivity (Wildman–Crippen MR) is 96.3 cm³/mol. The van der Waals surface area contributed by atoms with Gasteiger partial charge in [-0.1, -0.05) is 17.7 Å². The van der Waals surface area contributed by atoms with Crippen molar-refractivity contribution in [3.63, 3.8) is 0 Å². The van der Waals surface area contributed by atoms with Gasteiger partial charge in [-0.25, -0.2) is 0 Å². The number of nitrogens with zero attached hydrogens (tertiary/aromatic N) is 1. The molecule has 122 valence electrons. The SMILES string of the molecule is CC(=O)Nc1ccc(NC(=O)Cn2ccc3c(Cl)cccc32)cc1. The number of aromatic nitrogens is 1. The van der Waals surface area contributed by atoms with Crippen molar-refractivity contribution in [3.05, 3.63) is 59.8 Å². The molecule has 24 heavy (non-hydrogen) atoms. The van der Waals surface area contributed by atoms with E-state index < -0.39 is 0 Å². The largest absolute Gasteiger partial charge is 0.338 e. The Hall–Kier alpha value is -2.79. The van der Waals surface area contributed by atoms with Gasteiger partial charge in [-0.05, 0) is 42.5 Å². The summed E-state index contributed by atoms with van der Waals surface area (Å²) in [6.07, 6.45) is 1.84. The van der Waals surface area contributed by atoms with Crippen LogP contribution < -0.4 is 10.6 Å². The minimum Gasteiger partial charge on any atom is -0.338 e. The van der Waals surface area contributed by atoms with Crippen molar-refractivity contribution in [2.75, 3.05) is 10.6 Å². The number of carbonyl (C=O) groups excluding carboxylic acids is 2. The first-order chi connectivity index (χ1) is 11.5. The summed E-state index contributed by atoms with van der Waals surface area (Å²) in [6, 6.07) is 14.5. The molecule has 0 saturated heterocycles. The molecular formula is C18H16ClN3O2. The molecule has 0 bridgehead atoms. The molecule has 2 amide bonds. The lowest BCUT2D eigenvalue weighted by Gasteiger charge is -2.09. The monoisotopic (exact) mass is 341 g/mol. The molecule has 0 unspecified atom stereocenters. The lowest BCUT2D eigenvalue weighted by atomic mass is 10.2. The maximum absolute atomic E-state index is 12.2. The van der Waals surface area contributed by atoms with E-state index in [4.69, 9.17) is 11.6 Å². The fraction of sp³-hybridized carbons (Fsp3) is 0.111. The Kier molecular flexibility index (Phi) is 4.53. The van der Waals surface area contributed by atoms with E-state index in [-0.39, 0.29) is 18.4 Å². The van der Waals surface area contributed by atoms with Crippen molar-refractivity contribution in [1.82, 2.24) is 4.57 Å². The van der Waals surface area contributed by atoms with E-state index in [1.54, 1.807) is 24.3 Å². The topological polar surface area (TPSA) is 63.1 Å². The van der Waals surface area contributed by atoms with Crippen LogP contribution in [0.4, 0.5) is 11.4 Å². The second-order valence-electron chi connectivity index (χ2n) is 5.42. The van der Waals surface area contributed by atoms with Gasteiger partial charge >= 0.3 is 0 Å². The summed E-state index contributed by atoms with van der Waals surface area (Å²) in [6.45, 7) is 1.64. The van der Waals surface area contributed by atoms with Crippen LogP contribution in [-0.2, 0) is 16.1 Å². The molecule has 3 aromatic rings. The number of anilines is 2. The highest BCUT2D eigenvalue weighted by molar-refractivity contribution is 6.35. The second kappa shape index (κ2) is 6.76. The minimum atomic E-state index is -0.139. The van der Waals surface area contributed by atoms with Gasteiger partial charge in [-0.15, -0.1) is 0 Å². The zero-order valence-corrected chi connectivity index (χ0v) is 13.8. The Morgan fingerprint density at radius 2 is 1.67 bits per heavy atom. The quantitative estimate of drug-likeness (QED) is 0.756. The van der Waals surface area contributed by atoms with Crippen LogP contribution in [0.15, 0.2) is 54.7 Å². The summed E-state index contributed by atoms with van der Waals surface area (Å²) in [4.78, 5) is 23.2. The zero-order chi connectivity index (χ0) is 17.1. The lowest BCUT2D eigenvalue weighted by Crippen LogP contribution is -2.18. The molecule has 2 aromatic carbocycles. The summed E-state index contributed by atoms with van der Waals surface area (Å²) in [5, 5.41) is 7.10. The second-order valence-corrected chi connectivity index (χ2v) is 5.83. The first-order valence-electron chi connectivity index (χ1n) is 7.44. The third-order valence-corrected chi connectivity index (χ3v) is 3.89. The van der Waals surface area contributed by atoms with Crippen molar-refractivity contribution in [2.45, 2.75) is 13.5 Å². The molecule has 0 spiro atoms. The van der Waals surface area contributed by atoms with Gasteiger partial charge in [-0.3, -0.25) is 9.59 Å². The highest BCUT2D eigenvalue weighted by atomic mass is 35.5. The average molecular weight is 342 g/mol. The summed E-state index contributed by atoms with van der Waals surface area (Å²) in [5.41, 5.74) is 2.27. The first-order valence-corrected chi connectivity index (χ1v) is 7.81. The molecule has 0 atom stereocenters. The molecule has 3 rings (SSSR count). The number of fused-ring (bicyclic) bond motifs is 1. The van der Waals surface area contributed by atoms with Crippen molar-refractivity contribution in [3.8, 4) is 0 Å². The number of nitrogens with one attached hydrogen (secondary N) is 2. The van der Waals surface area contributed by atoms with Gasteiger partial charge in [0.15, 0.2) is 0 Å². The van der Waals surface area contributed by atoms with Crippen molar-refractivity contribution < 1.29 is 9.59 Å². The number of carbonyl (C=O) groups is 2. The number of hydrogen-bond acceptors (Lipinski definition) is 2. The van der Waals surface area contributed by atoms with Crippen molar-refractivity contribution in [1.29, 1.82) is 0 Å². The lowest BCUT2D eigenvalue weighted by molar-refractivity contribution is -0.116. The Labute approximate surface area is 144 Å². The molecule has 2 N–H and O–H groups in total. The molecule has 0 saturated carbocycles. The third-order valence-electron chi connectivity index (χ3n) is 3.56. The molecule has 1 aromatic heterocycles. The van der Waals surface area contributed by atoms with Gasteiger partial charge in [0, 0.05) is 40.4 Å². The molecule has 0 fully saturated rings. The minimum absolute atomic E-state index is 0.134. The molecular weight excluding hydrogens is 326 g/mol. The van der Waals surface area contributed by atoms with Crippen LogP contribution in [0.25, 0.3) is 10.9 Å². The van der Waals surface area contributed by atoms with E-state index >= 15 is 0 Å². The van der Waals surface area contributed by atoms with Crippen LogP contribution in [0.2, 0.25) is 5.02 Å². The number of amides is 2. The molecule has 1 heterocycles. The van der Waals surface area contributed by atoms with Gasteiger partial charge in [0.1, 0.15) is 6.54 Å². The molecule has 0 aliphatic carbocycles. The summed E-state index contributed by atoms with van der Waals surface area (Å²) < 4.78 is 1.85.